The van der Waals surface area contributed by atoms with Crippen molar-refractivity contribution in [1.82, 2.24) is 5.32 Å². The molecule has 0 heterocycles. The Morgan fingerprint density at radius 1 is 0.657 bits per heavy atom. The minimum Gasteiger partial charge on any atom is -0.395 e. The van der Waals surface area contributed by atoms with Crippen LogP contribution in [0.4, 0.5) is 0 Å². The Morgan fingerprint density at radius 2 is 1.06 bits per heavy atom. The summed E-state index contributed by atoms with van der Waals surface area (Å²) < 4.78 is 32.0. The van der Waals surface area contributed by atoms with E-state index in [1.54, 1.807) is 12.1 Å². The van der Waals surface area contributed by atoms with Crippen LogP contribution in [-0.2, 0) is 16.5 Å². The van der Waals surface area contributed by atoms with Gasteiger partial charge in [-0.2, -0.15) is 8.42 Å². The van der Waals surface area contributed by atoms with Crippen LogP contribution in [0.3, 0.4) is 0 Å². The fourth-order valence-corrected chi connectivity index (χ4v) is 4.86. The van der Waals surface area contributed by atoms with Gasteiger partial charge in [0, 0.05) is 13.1 Å². The van der Waals surface area contributed by atoms with Crippen molar-refractivity contribution in [3.63, 3.8) is 0 Å². The molecule has 1 aromatic carbocycles. The summed E-state index contributed by atoms with van der Waals surface area (Å²) >= 11 is 0. The Kier molecular flexibility index (Phi) is 24.0. The van der Waals surface area contributed by atoms with E-state index >= 15 is 0 Å². The third kappa shape index (κ3) is 22.0. The molecule has 0 aliphatic rings. The first-order valence-corrected chi connectivity index (χ1v) is 15.4. The van der Waals surface area contributed by atoms with Crippen molar-refractivity contribution in [1.29, 1.82) is 0 Å². The molecule has 0 fully saturated rings. The lowest BCUT2D eigenvalue weighted by molar-refractivity contribution is 0.266. The molecule has 1 aromatic rings. The lowest BCUT2D eigenvalue weighted by atomic mass is 10.0. The Hall–Kier alpha value is -0.990. The smallest absolute Gasteiger partial charge is 0.294 e. The summed E-state index contributed by atoms with van der Waals surface area (Å²) in [5.41, 5.74) is 0.732. The maximum absolute atomic E-state index is 11.4. The molecular weight excluding hydrogens is 462 g/mol. The predicted molar refractivity (Wildman–Crippen MR) is 147 cm³/mol. The molecule has 0 saturated carbocycles. The van der Waals surface area contributed by atoms with Crippen LogP contribution in [0, 0.1) is 0 Å². The van der Waals surface area contributed by atoms with Gasteiger partial charge in [-0.1, -0.05) is 121 Å². The van der Waals surface area contributed by atoms with Gasteiger partial charge in [0.25, 0.3) is 10.1 Å². The summed E-state index contributed by atoms with van der Waals surface area (Å²) in [5, 5.41) is 19.1. The van der Waals surface area contributed by atoms with E-state index in [0.717, 1.165) is 18.4 Å². The number of aliphatic hydroxyl groups excluding tert-OH is 2. The van der Waals surface area contributed by atoms with E-state index in [1.165, 1.54) is 96.0 Å². The van der Waals surface area contributed by atoms with Gasteiger partial charge in [0.15, 0.2) is 0 Å². The van der Waals surface area contributed by atoms with Gasteiger partial charge in [-0.3, -0.25) is 4.55 Å². The molecule has 0 atom stereocenters. The van der Waals surface area contributed by atoms with Crippen molar-refractivity contribution in [2.45, 2.75) is 121 Å². The Bertz CT molecular complexity index is 678. The molecule has 206 valence electrons. The fraction of sp³-hybridized carbons (Fsp3) is 0.786. The lowest BCUT2D eigenvalue weighted by Crippen LogP contribution is -2.21. The highest BCUT2D eigenvalue weighted by Gasteiger charge is 2.13. The molecule has 35 heavy (non-hydrogen) atoms. The van der Waals surface area contributed by atoms with Crippen molar-refractivity contribution < 1.29 is 23.2 Å². The minimum atomic E-state index is -4.11. The Labute approximate surface area is 215 Å². The van der Waals surface area contributed by atoms with Gasteiger partial charge >= 0.3 is 0 Å². The highest BCUT2D eigenvalue weighted by Crippen LogP contribution is 2.19. The molecule has 0 aliphatic carbocycles. The van der Waals surface area contributed by atoms with Crippen LogP contribution in [-0.4, -0.2) is 49.5 Å². The van der Waals surface area contributed by atoms with E-state index in [9.17, 15) is 13.0 Å². The van der Waals surface area contributed by atoms with Crippen molar-refractivity contribution in [3.05, 3.63) is 29.8 Å². The van der Waals surface area contributed by atoms with Crippen molar-refractivity contribution in [3.8, 4) is 0 Å². The summed E-state index contributed by atoms with van der Waals surface area (Å²) in [6.45, 7) is 3.69. The number of aliphatic hydroxyl groups is 2. The Balaban J connectivity index is 0.00000143. The van der Waals surface area contributed by atoms with Crippen LogP contribution in [0.1, 0.15) is 115 Å². The van der Waals surface area contributed by atoms with Gasteiger partial charge in [-0.05, 0) is 24.5 Å². The van der Waals surface area contributed by atoms with Gasteiger partial charge in [0.1, 0.15) is 0 Å². The molecule has 1 rings (SSSR count). The zero-order valence-electron chi connectivity index (χ0n) is 22.2. The van der Waals surface area contributed by atoms with Crippen LogP contribution in [0.5, 0.6) is 0 Å². The van der Waals surface area contributed by atoms with Crippen LogP contribution < -0.4 is 5.32 Å². The summed E-state index contributed by atoms with van der Waals surface area (Å²) in [4.78, 5) is 0.0657. The van der Waals surface area contributed by atoms with E-state index < -0.39 is 10.1 Å². The number of unbranched alkanes of at least 4 members (excludes halogenated alkanes) is 15. The third-order valence-corrected chi connectivity index (χ3v) is 7.08. The number of rotatable bonds is 22. The maximum atomic E-state index is 11.4. The molecule has 6 nitrogen and oxygen atoms in total. The Morgan fingerprint density at radius 3 is 1.46 bits per heavy atom. The number of benzene rings is 1. The van der Waals surface area contributed by atoms with E-state index in [1.807, 2.05) is 6.07 Å². The highest BCUT2D eigenvalue weighted by atomic mass is 32.2. The molecule has 0 aromatic heterocycles. The molecule has 4 N–H and O–H groups in total. The number of hydrogen-bond acceptors (Lipinski definition) is 5. The minimum absolute atomic E-state index is 0.0657. The number of nitrogens with one attached hydrogen (secondary N) is 1. The fourth-order valence-electron chi connectivity index (χ4n) is 4.11. The highest BCUT2D eigenvalue weighted by molar-refractivity contribution is 7.85. The van der Waals surface area contributed by atoms with Gasteiger partial charge in [-0.25, -0.2) is 0 Å². The molecule has 0 aliphatic heterocycles. The second-order valence-electron chi connectivity index (χ2n) is 9.33. The average molecular weight is 516 g/mol. The molecule has 7 heteroatoms. The largest absolute Gasteiger partial charge is 0.395 e. The van der Waals surface area contributed by atoms with Gasteiger partial charge in [0.05, 0.1) is 18.1 Å². The predicted octanol–water partition coefficient (Wildman–Crippen LogP) is 6.30. The number of hydrogen-bond donors (Lipinski definition) is 4. The molecule has 0 unspecified atom stereocenters. The van der Waals surface area contributed by atoms with Crippen molar-refractivity contribution in [2.75, 3.05) is 26.3 Å². The molecule has 0 bridgehead atoms. The second-order valence-corrected chi connectivity index (χ2v) is 10.7. The summed E-state index contributed by atoms with van der Waals surface area (Å²) in [6, 6.07) is 6.77. The summed E-state index contributed by atoms with van der Waals surface area (Å²) in [6.07, 6.45) is 22.0. The third-order valence-electron chi connectivity index (χ3n) is 6.13. The average Bonchev–Trinajstić information content (AvgIpc) is 2.84. The van der Waals surface area contributed by atoms with Crippen LogP contribution >= 0.6 is 0 Å². The van der Waals surface area contributed by atoms with Crippen LogP contribution in [0.25, 0.3) is 0 Å². The molecule has 0 radical (unpaired) electrons. The first-order chi connectivity index (χ1) is 17.0. The molecular formula is C28H53NO5S. The zero-order valence-corrected chi connectivity index (χ0v) is 23.0. The zero-order chi connectivity index (χ0) is 26.0. The number of aryl methyl sites for hydroxylation is 1. The standard InChI is InChI=1S/C24H42O3S.C4H11NO2/c1-2-3-4-5-6-7-8-9-10-11-12-13-14-15-16-17-20-23-21-18-19-22-24(23)28(25,26)27;6-3-1-5-2-4-7/h18-19,21-22H,2-17,20H2,1H3,(H,25,26,27);5-7H,1-4H2. The van der Waals surface area contributed by atoms with Crippen molar-refractivity contribution in [2.24, 2.45) is 0 Å². The SMILES string of the molecule is CCCCCCCCCCCCCCCCCCc1ccccc1S(=O)(=O)O.OCCNCCO. The normalized spacial score (nSPS) is 11.3. The lowest BCUT2D eigenvalue weighted by Gasteiger charge is -2.07. The monoisotopic (exact) mass is 515 g/mol. The summed E-state index contributed by atoms with van der Waals surface area (Å²) in [5.74, 6) is 0. The quantitative estimate of drug-likeness (QED) is 0.107. The van der Waals surface area contributed by atoms with E-state index in [-0.39, 0.29) is 18.1 Å². The van der Waals surface area contributed by atoms with E-state index in [0.29, 0.717) is 19.5 Å². The maximum Gasteiger partial charge on any atom is 0.294 e. The molecule has 0 amide bonds. The van der Waals surface area contributed by atoms with Crippen LogP contribution in [0.2, 0.25) is 0 Å². The molecule has 0 saturated heterocycles. The van der Waals surface area contributed by atoms with Gasteiger partial charge in [0.2, 0.25) is 0 Å². The van der Waals surface area contributed by atoms with Gasteiger partial charge < -0.3 is 15.5 Å². The topological polar surface area (TPSA) is 107 Å². The second kappa shape index (κ2) is 24.7. The van der Waals surface area contributed by atoms with Gasteiger partial charge in [-0.15, -0.1) is 0 Å². The van der Waals surface area contributed by atoms with E-state index in [2.05, 4.69) is 12.2 Å². The molecule has 0 spiro atoms. The van der Waals surface area contributed by atoms with Crippen LogP contribution in [0.15, 0.2) is 29.2 Å². The van der Waals surface area contributed by atoms with Crippen molar-refractivity contribution >= 4 is 10.1 Å². The first-order valence-electron chi connectivity index (χ1n) is 13.9. The first kappa shape index (κ1) is 34.0. The summed E-state index contributed by atoms with van der Waals surface area (Å²) in [7, 11) is -4.11. The van der Waals surface area contributed by atoms with E-state index in [4.69, 9.17) is 10.2 Å².